The van der Waals surface area contributed by atoms with E-state index in [0.29, 0.717) is 23.0 Å². The van der Waals surface area contributed by atoms with Gasteiger partial charge in [0, 0.05) is 24.3 Å². The largest absolute Gasteiger partial charge is 0.458 e. The topological polar surface area (TPSA) is 41.1 Å². The van der Waals surface area contributed by atoms with E-state index in [1.165, 1.54) is 11.6 Å². The zero-order chi connectivity index (χ0) is 22.7. The smallest absolute Gasteiger partial charge is 0.417 e. The minimum Gasteiger partial charge on any atom is -0.458 e. The molecular weight excluding hydrogens is 439 g/mol. The summed E-state index contributed by atoms with van der Waals surface area (Å²) in [5, 5.41) is -0.344. The van der Waals surface area contributed by atoms with Crippen molar-refractivity contribution < 1.29 is 17.9 Å². The van der Waals surface area contributed by atoms with E-state index in [4.69, 9.17) is 16.3 Å². The molecule has 0 fully saturated rings. The summed E-state index contributed by atoms with van der Waals surface area (Å²) in [7, 11) is 0. The van der Waals surface area contributed by atoms with E-state index in [-0.39, 0.29) is 5.02 Å². The van der Waals surface area contributed by atoms with Crippen LogP contribution in [-0.4, -0.2) is 9.97 Å². The third-order valence-electron chi connectivity index (χ3n) is 5.05. The number of nitrogens with zero attached hydrogens (tertiary/aromatic N) is 2. The number of halogens is 4. The van der Waals surface area contributed by atoms with Crippen molar-refractivity contribution in [2.75, 3.05) is 4.90 Å². The molecule has 0 saturated heterocycles. The number of aryl methyl sites for hydroxylation is 1. The summed E-state index contributed by atoms with van der Waals surface area (Å²) in [6.45, 7) is 2.11. The third-order valence-corrected chi connectivity index (χ3v) is 5.38. The minimum absolute atomic E-state index is 0.333. The summed E-state index contributed by atoms with van der Waals surface area (Å²) < 4.78 is 46.2. The molecule has 1 aliphatic heterocycles. The highest BCUT2D eigenvalue weighted by Gasteiger charge is 2.34. The summed E-state index contributed by atoms with van der Waals surface area (Å²) in [6, 6.07) is 11.2. The molecular formula is C24H21ClF3N3O. The SMILES string of the molecule is CCCc1cccc(OC2=CC(c3ncc[nH]3)N(c3ccc(Cl)c(C(F)(F)F)c3)C=C2)c1. The van der Waals surface area contributed by atoms with Crippen LogP contribution in [0.4, 0.5) is 18.9 Å². The molecule has 0 amide bonds. The molecule has 166 valence electrons. The van der Waals surface area contributed by atoms with Crippen LogP contribution >= 0.6 is 11.6 Å². The third kappa shape index (κ3) is 4.83. The lowest BCUT2D eigenvalue weighted by atomic mass is 10.1. The molecule has 8 heteroatoms. The molecule has 0 radical (unpaired) electrons. The van der Waals surface area contributed by atoms with Gasteiger partial charge in [0.1, 0.15) is 23.4 Å². The van der Waals surface area contributed by atoms with Crippen molar-refractivity contribution in [3.05, 3.63) is 101 Å². The molecule has 0 spiro atoms. The van der Waals surface area contributed by atoms with Crippen molar-refractivity contribution in [1.29, 1.82) is 0 Å². The number of allylic oxidation sites excluding steroid dienone is 1. The van der Waals surface area contributed by atoms with Gasteiger partial charge >= 0.3 is 6.18 Å². The Morgan fingerprint density at radius 2 is 2.03 bits per heavy atom. The number of aromatic amines is 1. The first-order chi connectivity index (χ1) is 15.3. The predicted octanol–water partition coefficient (Wildman–Crippen LogP) is 7.07. The normalized spacial score (nSPS) is 16.2. The summed E-state index contributed by atoms with van der Waals surface area (Å²) in [5.74, 6) is 1.84. The predicted molar refractivity (Wildman–Crippen MR) is 119 cm³/mol. The highest BCUT2D eigenvalue weighted by molar-refractivity contribution is 6.31. The molecule has 2 heterocycles. The number of anilines is 1. The number of rotatable bonds is 6. The van der Waals surface area contributed by atoms with Gasteiger partial charge in [-0.05, 0) is 54.5 Å². The van der Waals surface area contributed by atoms with Crippen LogP contribution < -0.4 is 9.64 Å². The van der Waals surface area contributed by atoms with Gasteiger partial charge in [-0.3, -0.25) is 0 Å². The molecule has 0 aliphatic carbocycles. The number of nitrogens with one attached hydrogen (secondary N) is 1. The molecule has 3 aromatic rings. The Morgan fingerprint density at radius 1 is 1.19 bits per heavy atom. The van der Waals surface area contributed by atoms with Gasteiger partial charge in [0.2, 0.25) is 0 Å². The molecule has 2 aromatic carbocycles. The molecule has 4 rings (SSSR count). The van der Waals surface area contributed by atoms with Gasteiger partial charge in [-0.2, -0.15) is 13.2 Å². The van der Waals surface area contributed by atoms with Crippen LogP contribution in [0.5, 0.6) is 5.75 Å². The quantitative estimate of drug-likeness (QED) is 0.428. The Hall–Kier alpha value is -3.19. The van der Waals surface area contributed by atoms with E-state index in [1.807, 2.05) is 30.3 Å². The highest BCUT2D eigenvalue weighted by atomic mass is 35.5. The Kier molecular flexibility index (Phi) is 6.28. The van der Waals surface area contributed by atoms with E-state index in [0.717, 1.165) is 18.9 Å². The summed E-state index contributed by atoms with van der Waals surface area (Å²) in [4.78, 5) is 9.03. The molecule has 32 heavy (non-hydrogen) atoms. The first kappa shape index (κ1) is 22.0. The van der Waals surface area contributed by atoms with Crippen LogP contribution in [0, 0.1) is 0 Å². The highest BCUT2D eigenvalue weighted by Crippen LogP contribution is 2.39. The second-order valence-corrected chi connectivity index (χ2v) is 7.78. The summed E-state index contributed by atoms with van der Waals surface area (Å²) in [6.07, 6.45) is 5.90. The monoisotopic (exact) mass is 459 g/mol. The number of hydrogen-bond donors (Lipinski definition) is 1. The zero-order valence-corrected chi connectivity index (χ0v) is 18.0. The van der Waals surface area contributed by atoms with Gasteiger partial charge < -0.3 is 14.6 Å². The number of ether oxygens (including phenoxy) is 1. The Labute approximate surface area is 189 Å². The maximum absolute atomic E-state index is 13.4. The van der Waals surface area contributed by atoms with Crippen molar-refractivity contribution in [2.24, 2.45) is 0 Å². The maximum Gasteiger partial charge on any atom is 0.417 e. The second-order valence-electron chi connectivity index (χ2n) is 7.37. The van der Waals surface area contributed by atoms with Crippen molar-refractivity contribution in [3.63, 3.8) is 0 Å². The lowest BCUT2D eigenvalue weighted by Gasteiger charge is -2.31. The number of benzene rings is 2. The molecule has 1 aromatic heterocycles. The molecule has 0 saturated carbocycles. The zero-order valence-electron chi connectivity index (χ0n) is 17.2. The lowest BCUT2D eigenvalue weighted by molar-refractivity contribution is -0.137. The maximum atomic E-state index is 13.4. The fourth-order valence-electron chi connectivity index (χ4n) is 3.58. The van der Waals surface area contributed by atoms with Gasteiger partial charge in [-0.15, -0.1) is 0 Å². The molecule has 0 bridgehead atoms. The van der Waals surface area contributed by atoms with E-state index in [9.17, 15) is 13.2 Å². The first-order valence-electron chi connectivity index (χ1n) is 10.2. The van der Waals surface area contributed by atoms with Crippen LogP contribution in [0.3, 0.4) is 0 Å². The minimum atomic E-state index is -4.56. The summed E-state index contributed by atoms with van der Waals surface area (Å²) >= 11 is 5.80. The van der Waals surface area contributed by atoms with E-state index in [1.54, 1.807) is 35.6 Å². The van der Waals surface area contributed by atoms with Gasteiger partial charge in [0.25, 0.3) is 0 Å². The number of H-pyrrole nitrogens is 1. The molecule has 1 atom stereocenters. The molecule has 1 N–H and O–H groups in total. The Morgan fingerprint density at radius 3 is 2.75 bits per heavy atom. The van der Waals surface area contributed by atoms with Crippen molar-refractivity contribution in [3.8, 4) is 5.75 Å². The van der Waals surface area contributed by atoms with E-state index >= 15 is 0 Å². The fourth-order valence-corrected chi connectivity index (χ4v) is 3.81. The van der Waals surface area contributed by atoms with E-state index < -0.39 is 17.8 Å². The van der Waals surface area contributed by atoms with Crippen LogP contribution in [0.1, 0.15) is 36.3 Å². The fraction of sp³-hybridized carbons (Fsp3) is 0.208. The average molecular weight is 460 g/mol. The first-order valence-corrected chi connectivity index (χ1v) is 10.5. The second kappa shape index (κ2) is 9.12. The number of imidazole rings is 1. The lowest BCUT2D eigenvalue weighted by Crippen LogP contribution is -2.26. The Balaban J connectivity index is 1.66. The van der Waals surface area contributed by atoms with E-state index in [2.05, 4.69) is 16.9 Å². The van der Waals surface area contributed by atoms with Crippen LogP contribution in [0.2, 0.25) is 5.02 Å². The van der Waals surface area contributed by atoms with Gasteiger partial charge in [0.15, 0.2) is 0 Å². The van der Waals surface area contributed by atoms with Gasteiger partial charge in [0.05, 0.1) is 10.6 Å². The number of hydrogen-bond acceptors (Lipinski definition) is 3. The molecule has 4 nitrogen and oxygen atoms in total. The van der Waals surface area contributed by atoms with Gasteiger partial charge in [-0.25, -0.2) is 4.98 Å². The average Bonchev–Trinajstić information content (AvgIpc) is 3.29. The van der Waals surface area contributed by atoms with Crippen LogP contribution in [0.15, 0.2) is 79.0 Å². The summed E-state index contributed by atoms with van der Waals surface area (Å²) in [5.41, 5.74) is 0.622. The van der Waals surface area contributed by atoms with Crippen molar-refractivity contribution in [1.82, 2.24) is 9.97 Å². The number of aromatic nitrogens is 2. The van der Waals surface area contributed by atoms with Crippen molar-refractivity contribution >= 4 is 17.3 Å². The van der Waals surface area contributed by atoms with Crippen molar-refractivity contribution in [2.45, 2.75) is 32.0 Å². The number of alkyl halides is 3. The Bertz CT molecular complexity index is 1140. The van der Waals surface area contributed by atoms with Gasteiger partial charge in [-0.1, -0.05) is 37.1 Å². The van der Waals surface area contributed by atoms with Crippen LogP contribution in [-0.2, 0) is 12.6 Å². The standard InChI is InChI=1S/C24H21ClF3N3O/c1-2-4-16-5-3-6-18(13-16)32-19-9-12-31(22(15-19)23-29-10-11-30-23)17-7-8-21(25)20(14-17)24(26,27)28/h3,5-15,22H,2,4H2,1H3,(H,29,30). The molecule has 1 unspecified atom stereocenters. The van der Waals surface area contributed by atoms with Crippen LogP contribution in [0.25, 0.3) is 0 Å². The molecule has 1 aliphatic rings.